The molecule has 1 heterocycles. The second-order valence-corrected chi connectivity index (χ2v) is 3.45. The Balaban J connectivity index is 3.10. The van der Waals surface area contributed by atoms with Gasteiger partial charge in [-0.15, -0.1) is 0 Å². The molecule has 2 unspecified atom stereocenters. The Labute approximate surface area is 86.1 Å². The summed E-state index contributed by atoms with van der Waals surface area (Å²) in [7, 11) is 0. The highest BCUT2D eigenvalue weighted by molar-refractivity contribution is 4.98. The van der Waals surface area contributed by atoms with Crippen molar-refractivity contribution >= 4 is 0 Å². The molecule has 6 heteroatoms. The van der Waals surface area contributed by atoms with Crippen LogP contribution in [0.1, 0.15) is 25.7 Å². The van der Waals surface area contributed by atoms with E-state index in [1.165, 1.54) is 19.3 Å². The van der Waals surface area contributed by atoms with Crippen molar-refractivity contribution in [3.05, 3.63) is 18.2 Å². The summed E-state index contributed by atoms with van der Waals surface area (Å²) in [5.74, 6) is 0.398. The van der Waals surface area contributed by atoms with Crippen LogP contribution in [-0.4, -0.2) is 21.8 Å². The minimum Gasteiger partial charge on any atom is -0.326 e. The minimum absolute atomic E-state index is 0.398. The maximum Gasteiger partial charge on any atom is 0.410 e. The van der Waals surface area contributed by atoms with Gasteiger partial charge in [-0.1, -0.05) is 6.92 Å². The first-order valence-electron chi connectivity index (χ1n) is 4.72. The molecule has 0 aliphatic carbocycles. The number of alkyl halides is 3. The Hall–Kier alpha value is -1.04. The first-order chi connectivity index (χ1) is 6.88. The topological polar surface area (TPSA) is 43.8 Å². The van der Waals surface area contributed by atoms with Crippen molar-refractivity contribution in [2.75, 3.05) is 0 Å². The van der Waals surface area contributed by atoms with Crippen LogP contribution in [0.2, 0.25) is 0 Å². The zero-order valence-electron chi connectivity index (χ0n) is 8.62. The number of imidazole rings is 1. The Morgan fingerprint density at radius 1 is 1.53 bits per heavy atom. The molecular formula is C9H14F3N3. The first kappa shape index (κ1) is 12.0. The summed E-state index contributed by atoms with van der Waals surface area (Å²) in [4.78, 5) is 3.86. The standard InChI is InChI=1S/C9H14F3N3/c1-3-7-14-4-5-15(7)8(6(2)13)9(10,11)12/h4-6,8H,3,13H2,1-2H3. The number of halogens is 3. The van der Waals surface area contributed by atoms with Gasteiger partial charge in [-0.2, -0.15) is 13.2 Å². The predicted octanol–water partition coefficient (Wildman–Crippen LogP) is 1.90. The molecule has 86 valence electrons. The Kier molecular flexibility index (Phi) is 3.38. The number of hydrogen-bond acceptors (Lipinski definition) is 2. The molecule has 0 saturated heterocycles. The fraction of sp³-hybridized carbons (Fsp3) is 0.667. The van der Waals surface area contributed by atoms with Gasteiger partial charge in [-0.25, -0.2) is 4.98 Å². The van der Waals surface area contributed by atoms with Crippen LogP contribution in [0.15, 0.2) is 12.4 Å². The van der Waals surface area contributed by atoms with E-state index < -0.39 is 18.3 Å². The molecule has 1 aromatic rings. The van der Waals surface area contributed by atoms with Crippen molar-refractivity contribution in [2.24, 2.45) is 5.73 Å². The third kappa shape index (κ3) is 2.50. The molecule has 0 fully saturated rings. The number of rotatable bonds is 3. The van der Waals surface area contributed by atoms with Crippen molar-refractivity contribution in [3.63, 3.8) is 0 Å². The van der Waals surface area contributed by atoms with Crippen molar-refractivity contribution in [2.45, 2.75) is 38.5 Å². The Morgan fingerprint density at radius 3 is 2.53 bits per heavy atom. The van der Waals surface area contributed by atoms with Crippen LogP contribution in [0.5, 0.6) is 0 Å². The van der Waals surface area contributed by atoms with Gasteiger partial charge in [0.05, 0.1) is 0 Å². The summed E-state index contributed by atoms with van der Waals surface area (Å²) in [6.07, 6.45) is -1.22. The first-order valence-corrected chi connectivity index (χ1v) is 4.72. The van der Waals surface area contributed by atoms with Gasteiger partial charge in [0.25, 0.3) is 0 Å². The second-order valence-electron chi connectivity index (χ2n) is 3.45. The number of nitrogens with two attached hydrogens (primary N) is 1. The van der Waals surface area contributed by atoms with E-state index in [1.54, 1.807) is 6.92 Å². The summed E-state index contributed by atoms with van der Waals surface area (Å²) in [5, 5.41) is 0. The van der Waals surface area contributed by atoms with Crippen LogP contribution in [0.3, 0.4) is 0 Å². The van der Waals surface area contributed by atoms with Gasteiger partial charge in [-0.05, 0) is 6.92 Å². The molecule has 1 rings (SSSR count). The lowest BCUT2D eigenvalue weighted by atomic mass is 10.1. The van der Waals surface area contributed by atoms with Crippen molar-refractivity contribution in [1.82, 2.24) is 9.55 Å². The molecule has 15 heavy (non-hydrogen) atoms. The summed E-state index contributed by atoms with van der Waals surface area (Å²) in [6.45, 7) is 3.10. The van der Waals surface area contributed by atoms with Crippen LogP contribution in [0.25, 0.3) is 0 Å². The average Bonchev–Trinajstić information content (AvgIpc) is 2.48. The number of hydrogen-bond donors (Lipinski definition) is 1. The normalized spacial score (nSPS) is 16.4. The number of aryl methyl sites for hydroxylation is 1. The molecule has 2 atom stereocenters. The highest BCUT2D eigenvalue weighted by Gasteiger charge is 2.43. The van der Waals surface area contributed by atoms with Crippen LogP contribution in [0.4, 0.5) is 13.2 Å². The number of aromatic nitrogens is 2. The van der Waals surface area contributed by atoms with Crippen LogP contribution < -0.4 is 5.73 Å². The van der Waals surface area contributed by atoms with Crippen molar-refractivity contribution in [1.29, 1.82) is 0 Å². The van der Waals surface area contributed by atoms with E-state index in [0.717, 1.165) is 4.57 Å². The molecule has 0 amide bonds. The van der Waals surface area contributed by atoms with E-state index in [1.807, 2.05) is 0 Å². The van der Waals surface area contributed by atoms with E-state index >= 15 is 0 Å². The maximum absolute atomic E-state index is 12.7. The van der Waals surface area contributed by atoms with E-state index in [9.17, 15) is 13.2 Å². The fourth-order valence-electron chi connectivity index (χ4n) is 1.58. The van der Waals surface area contributed by atoms with Crippen LogP contribution in [0, 0.1) is 0 Å². The zero-order chi connectivity index (χ0) is 11.6. The Bertz CT molecular complexity index is 317. The van der Waals surface area contributed by atoms with Crippen molar-refractivity contribution in [3.8, 4) is 0 Å². The Morgan fingerprint density at radius 2 is 2.13 bits per heavy atom. The smallest absolute Gasteiger partial charge is 0.326 e. The quantitative estimate of drug-likeness (QED) is 0.847. The molecule has 0 spiro atoms. The highest BCUT2D eigenvalue weighted by Crippen LogP contribution is 2.33. The lowest BCUT2D eigenvalue weighted by Crippen LogP contribution is -2.40. The average molecular weight is 221 g/mol. The lowest BCUT2D eigenvalue weighted by Gasteiger charge is -2.26. The molecule has 0 aliphatic rings. The van der Waals surface area contributed by atoms with E-state index in [2.05, 4.69) is 4.98 Å². The molecule has 0 radical (unpaired) electrons. The highest BCUT2D eigenvalue weighted by atomic mass is 19.4. The molecule has 0 aliphatic heterocycles. The van der Waals surface area contributed by atoms with Gasteiger partial charge >= 0.3 is 6.18 Å². The van der Waals surface area contributed by atoms with Crippen LogP contribution in [-0.2, 0) is 6.42 Å². The van der Waals surface area contributed by atoms with E-state index in [-0.39, 0.29) is 0 Å². The van der Waals surface area contributed by atoms with Gasteiger partial charge in [0.15, 0.2) is 0 Å². The number of nitrogens with zero attached hydrogens (tertiary/aromatic N) is 2. The fourth-order valence-corrected chi connectivity index (χ4v) is 1.58. The van der Waals surface area contributed by atoms with Gasteiger partial charge in [-0.3, -0.25) is 0 Å². The van der Waals surface area contributed by atoms with Gasteiger partial charge in [0, 0.05) is 24.9 Å². The van der Waals surface area contributed by atoms with Gasteiger partial charge < -0.3 is 10.3 Å². The van der Waals surface area contributed by atoms with Crippen LogP contribution >= 0.6 is 0 Å². The third-order valence-corrected chi connectivity index (χ3v) is 2.20. The van der Waals surface area contributed by atoms with Gasteiger partial charge in [0.2, 0.25) is 0 Å². The monoisotopic (exact) mass is 221 g/mol. The molecule has 0 saturated carbocycles. The zero-order valence-corrected chi connectivity index (χ0v) is 8.62. The summed E-state index contributed by atoms with van der Waals surface area (Å²) in [5.41, 5.74) is 5.37. The molecular weight excluding hydrogens is 207 g/mol. The van der Waals surface area contributed by atoms with Gasteiger partial charge in [0.1, 0.15) is 11.9 Å². The minimum atomic E-state index is -4.35. The molecule has 0 aromatic carbocycles. The summed E-state index contributed by atoms with van der Waals surface area (Å²) < 4.78 is 39.3. The maximum atomic E-state index is 12.7. The lowest BCUT2D eigenvalue weighted by molar-refractivity contribution is -0.172. The summed E-state index contributed by atoms with van der Waals surface area (Å²) >= 11 is 0. The predicted molar refractivity (Wildman–Crippen MR) is 50.3 cm³/mol. The second kappa shape index (κ2) is 4.22. The van der Waals surface area contributed by atoms with E-state index in [4.69, 9.17) is 5.73 Å². The molecule has 1 aromatic heterocycles. The molecule has 0 bridgehead atoms. The molecule has 3 nitrogen and oxygen atoms in total. The van der Waals surface area contributed by atoms with E-state index in [0.29, 0.717) is 12.2 Å². The third-order valence-electron chi connectivity index (χ3n) is 2.20. The SMILES string of the molecule is CCc1nccn1C(C(C)N)C(F)(F)F. The molecule has 2 N–H and O–H groups in total. The largest absolute Gasteiger partial charge is 0.410 e. The van der Waals surface area contributed by atoms with Crippen molar-refractivity contribution < 1.29 is 13.2 Å². The summed E-state index contributed by atoms with van der Waals surface area (Å²) in [6, 6.07) is -2.69.